The van der Waals surface area contributed by atoms with Crippen LogP contribution in [0.4, 0.5) is 5.95 Å². The number of benzene rings is 2. The molecule has 0 fully saturated rings. The van der Waals surface area contributed by atoms with Crippen LogP contribution in [0.1, 0.15) is 5.56 Å². The number of hydrogen-bond donors (Lipinski definition) is 2. The van der Waals surface area contributed by atoms with Crippen LogP contribution in [0, 0.1) is 3.57 Å². The van der Waals surface area contributed by atoms with E-state index in [1.165, 1.54) is 0 Å². The number of ether oxygens (including phenoxy) is 1. The van der Waals surface area contributed by atoms with E-state index in [0.717, 1.165) is 16.9 Å². The second kappa shape index (κ2) is 6.82. The maximum atomic E-state index is 11.8. The number of hydrogen-bond acceptors (Lipinski definition) is 4. The summed E-state index contributed by atoms with van der Waals surface area (Å²) in [6.07, 6.45) is 0. The Morgan fingerprint density at radius 3 is 2.48 bits per heavy atom. The molecule has 116 valence electrons. The third-order valence-corrected chi connectivity index (χ3v) is 4.26. The lowest BCUT2D eigenvalue weighted by atomic mass is 10.1. The zero-order valence-electron chi connectivity index (χ0n) is 12.1. The van der Waals surface area contributed by atoms with Gasteiger partial charge in [-0.2, -0.15) is 0 Å². The average molecular weight is 419 g/mol. The van der Waals surface area contributed by atoms with Gasteiger partial charge < -0.3 is 10.5 Å². The summed E-state index contributed by atoms with van der Waals surface area (Å²) in [5.74, 6) is 0.861. The van der Waals surface area contributed by atoms with Gasteiger partial charge in [0.2, 0.25) is 5.95 Å². The van der Waals surface area contributed by atoms with Gasteiger partial charge in [0, 0.05) is 5.56 Å². The van der Waals surface area contributed by atoms with Crippen molar-refractivity contribution in [2.24, 2.45) is 0 Å². The van der Waals surface area contributed by atoms with E-state index < -0.39 is 0 Å². The van der Waals surface area contributed by atoms with Crippen LogP contribution in [0.2, 0.25) is 0 Å². The van der Waals surface area contributed by atoms with E-state index >= 15 is 0 Å². The molecule has 0 aliphatic rings. The van der Waals surface area contributed by atoms with Crippen molar-refractivity contribution in [2.75, 3.05) is 5.73 Å². The fraction of sp³-hybridized carbons (Fsp3) is 0.0588. The molecule has 1 heterocycles. The van der Waals surface area contributed by atoms with Crippen LogP contribution in [0.3, 0.4) is 0 Å². The van der Waals surface area contributed by atoms with E-state index in [1.807, 2.05) is 77.2 Å². The van der Waals surface area contributed by atoms with Crippen molar-refractivity contribution in [2.45, 2.75) is 6.61 Å². The number of anilines is 1. The summed E-state index contributed by atoms with van der Waals surface area (Å²) in [6, 6.07) is 17.4. The predicted octanol–water partition coefficient (Wildman–Crippen LogP) is 3.20. The largest absolute Gasteiger partial charge is 0.489 e. The van der Waals surface area contributed by atoms with Crippen molar-refractivity contribution in [3.8, 4) is 17.0 Å². The molecule has 2 aromatic carbocycles. The summed E-state index contributed by atoms with van der Waals surface area (Å²) >= 11 is 1.97. The zero-order chi connectivity index (χ0) is 16.2. The Morgan fingerprint density at radius 1 is 1.09 bits per heavy atom. The highest BCUT2D eigenvalue weighted by atomic mass is 127. The molecule has 6 heteroatoms. The minimum Gasteiger partial charge on any atom is -0.489 e. The highest BCUT2D eigenvalue weighted by Gasteiger charge is 2.10. The topological polar surface area (TPSA) is 81.0 Å². The first kappa shape index (κ1) is 15.5. The average Bonchev–Trinajstić information content (AvgIpc) is 2.58. The highest BCUT2D eigenvalue weighted by Crippen LogP contribution is 2.24. The number of H-pyrrole nitrogens is 1. The first-order chi connectivity index (χ1) is 11.1. The molecule has 5 nitrogen and oxygen atoms in total. The van der Waals surface area contributed by atoms with Gasteiger partial charge in [-0.3, -0.25) is 9.78 Å². The second-order valence-corrected chi connectivity index (χ2v) is 5.99. The van der Waals surface area contributed by atoms with Crippen LogP contribution >= 0.6 is 22.6 Å². The zero-order valence-corrected chi connectivity index (χ0v) is 14.3. The maximum absolute atomic E-state index is 11.8. The Balaban J connectivity index is 1.79. The van der Waals surface area contributed by atoms with Gasteiger partial charge in [-0.05, 0) is 52.4 Å². The summed E-state index contributed by atoms with van der Waals surface area (Å²) in [6.45, 7) is 0.508. The van der Waals surface area contributed by atoms with Crippen LogP contribution in [0.25, 0.3) is 11.3 Å². The summed E-state index contributed by atoms with van der Waals surface area (Å²) in [7, 11) is 0. The molecule has 0 saturated heterocycles. The molecule has 0 atom stereocenters. The highest BCUT2D eigenvalue weighted by molar-refractivity contribution is 14.1. The maximum Gasteiger partial charge on any atom is 0.266 e. The molecule has 0 amide bonds. The standard InChI is InChI=1S/C17H14IN3O2/c18-14-15(20-17(19)21-16(14)22)12-6-8-13(9-7-12)23-10-11-4-2-1-3-5-11/h1-9H,10H2,(H3,19,20,21,22). The molecule has 3 aromatic rings. The van der Waals surface area contributed by atoms with Gasteiger partial charge in [0.15, 0.2) is 0 Å². The summed E-state index contributed by atoms with van der Waals surface area (Å²) < 4.78 is 6.25. The number of rotatable bonds is 4. The number of nitrogens with zero attached hydrogens (tertiary/aromatic N) is 1. The molecule has 3 N–H and O–H groups in total. The third kappa shape index (κ3) is 3.70. The lowest BCUT2D eigenvalue weighted by molar-refractivity contribution is 0.306. The summed E-state index contributed by atoms with van der Waals surface area (Å²) in [4.78, 5) is 18.4. The van der Waals surface area contributed by atoms with Crippen molar-refractivity contribution in [3.63, 3.8) is 0 Å². The number of nitrogens with two attached hydrogens (primary N) is 1. The van der Waals surface area contributed by atoms with Crippen LogP contribution in [-0.4, -0.2) is 9.97 Å². The van der Waals surface area contributed by atoms with Crippen molar-refractivity contribution < 1.29 is 4.74 Å². The Bertz CT molecular complexity index is 861. The fourth-order valence-corrected chi connectivity index (χ4v) is 2.68. The Hall–Kier alpha value is -2.35. The van der Waals surface area contributed by atoms with Gasteiger partial charge in [0.25, 0.3) is 5.56 Å². The van der Waals surface area contributed by atoms with Gasteiger partial charge >= 0.3 is 0 Å². The molecule has 1 aromatic heterocycles. The predicted molar refractivity (Wildman–Crippen MR) is 98.2 cm³/mol. The van der Waals surface area contributed by atoms with Crippen molar-refractivity contribution in [3.05, 3.63) is 74.1 Å². The number of aromatic nitrogens is 2. The quantitative estimate of drug-likeness (QED) is 0.637. The van der Waals surface area contributed by atoms with E-state index in [0.29, 0.717) is 15.9 Å². The minimum atomic E-state index is -0.238. The van der Waals surface area contributed by atoms with E-state index in [4.69, 9.17) is 10.5 Å². The van der Waals surface area contributed by atoms with Crippen molar-refractivity contribution >= 4 is 28.5 Å². The summed E-state index contributed by atoms with van der Waals surface area (Å²) in [5.41, 5.74) is 7.87. The lowest BCUT2D eigenvalue weighted by Gasteiger charge is -2.08. The normalized spacial score (nSPS) is 10.5. The Kier molecular flexibility index (Phi) is 4.61. The molecule has 0 unspecified atom stereocenters. The van der Waals surface area contributed by atoms with Crippen LogP contribution < -0.4 is 16.0 Å². The third-order valence-electron chi connectivity index (χ3n) is 3.26. The Morgan fingerprint density at radius 2 is 1.78 bits per heavy atom. The van der Waals surface area contributed by atoms with Crippen molar-refractivity contribution in [1.82, 2.24) is 9.97 Å². The van der Waals surface area contributed by atoms with Crippen LogP contribution in [0.15, 0.2) is 59.4 Å². The smallest absolute Gasteiger partial charge is 0.266 e. The molecule has 0 spiro atoms. The number of nitrogen functional groups attached to an aromatic ring is 1. The second-order valence-electron chi connectivity index (χ2n) is 4.91. The van der Waals surface area contributed by atoms with Gasteiger partial charge in [-0.15, -0.1) is 0 Å². The molecule has 0 aliphatic heterocycles. The summed E-state index contributed by atoms with van der Waals surface area (Å²) in [5, 5.41) is 0. The number of aromatic amines is 1. The van der Waals surface area contributed by atoms with E-state index in [-0.39, 0.29) is 11.5 Å². The van der Waals surface area contributed by atoms with Crippen LogP contribution in [0.5, 0.6) is 5.75 Å². The molecule has 0 saturated carbocycles. The monoisotopic (exact) mass is 419 g/mol. The number of halogens is 1. The van der Waals surface area contributed by atoms with Gasteiger partial charge in [0.1, 0.15) is 15.9 Å². The fourth-order valence-electron chi connectivity index (χ4n) is 2.12. The van der Waals surface area contributed by atoms with E-state index in [9.17, 15) is 4.79 Å². The van der Waals surface area contributed by atoms with E-state index in [1.54, 1.807) is 0 Å². The molecule has 0 aliphatic carbocycles. The molecular formula is C17H14IN3O2. The first-order valence-corrected chi connectivity index (χ1v) is 8.04. The molecule has 0 radical (unpaired) electrons. The van der Waals surface area contributed by atoms with Crippen molar-refractivity contribution in [1.29, 1.82) is 0 Å². The minimum absolute atomic E-state index is 0.106. The molecular weight excluding hydrogens is 405 g/mol. The van der Waals surface area contributed by atoms with Gasteiger partial charge in [-0.25, -0.2) is 4.98 Å². The molecule has 3 rings (SSSR count). The Labute approximate surface area is 146 Å². The number of nitrogens with one attached hydrogen (secondary N) is 1. The van der Waals surface area contributed by atoms with Gasteiger partial charge in [-0.1, -0.05) is 30.3 Å². The SMILES string of the molecule is Nc1nc(-c2ccc(OCc3ccccc3)cc2)c(I)c(=O)[nH]1. The lowest BCUT2D eigenvalue weighted by Crippen LogP contribution is -2.15. The first-order valence-electron chi connectivity index (χ1n) is 6.96. The molecule has 0 bridgehead atoms. The van der Waals surface area contributed by atoms with Crippen LogP contribution in [-0.2, 0) is 6.61 Å². The van der Waals surface area contributed by atoms with E-state index in [2.05, 4.69) is 9.97 Å². The van der Waals surface area contributed by atoms with Gasteiger partial charge in [0.05, 0.1) is 5.69 Å². The molecule has 23 heavy (non-hydrogen) atoms.